The minimum absolute atomic E-state index is 0.0326. The molecule has 2 rings (SSSR count). The first-order valence-electron chi connectivity index (χ1n) is 8.36. The first-order chi connectivity index (χ1) is 12.9. The molecule has 1 amide bonds. The molecule has 0 atom stereocenters. The van der Waals surface area contributed by atoms with Gasteiger partial charge in [-0.25, -0.2) is 4.99 Å². The number of benzene rings is 1. The zero-order chi connectivity index (χ0) is 19.7. The fourth-order valence-electron chi connectivity index (χ4n) is 2.18. The number of furan rings is 1. The van der Waals surface area contributed by atoms with Crippen LogP contribution in [0.5, 0.6) is 0 Å². The van der Waals surface area contributed by atoms with Crippen LogP contribution in [0.4, 0.5) is 13.2 Å². The summed E-state index contributed by atoms with van der Waals surface area (Å²) < 4.78 is 43.4. The van der Waals surface area contributed by atoms with Crippen molar-refractivity contribution in [2.75, 3.05) is 13.1 Å². The fourth-order valence-corrected chi connectivity index (χ4v) is 2.18. The molecule has 146 valence electrons. The van der Waals surface area contributed by atoms with Gasteiger partial charge in [-0.1, -0.05) is 12.1 Å². The second-order valence-corrected chi connectivity index (χ2v) is 5.60. The lowest BCUT2D eigenvalue weighted by Crippen LogP contribution is -2.43. The van der Waals surface area contributed by atoms with Crippen molar-refractivity contribution in [2.45, 2.75) is 26.2 Å². The van der Waals surface area contributed by atoms with Crippen molar-refractivity contribution in [3.63, 3.8) is 0 Å². The van der Waals surface area contributed by atoms with Crippen molar-refractivity contribution in [2.24, 2.45) is 4.99 Å². The summed E-state index contributed by atoms with van der Waals surface area (Å²) in [5.74, 6) is 0.701. The van der Waals surface area contributed by atoms with Crippen LogP contribution in [0.3, 0.4) is 0 Å². The molecule has 0 aliphatic heterocycles. The van der Waals surface area contributed by atoms with Crippen LogP contribution < -0.4 is 16.0 Å². The number of amides is 1. The standard InChI is InChI=1S/C18H21F3N4O2/c1-2-22-17(25-12-16(26)23-11-15-7-4-8-27-15)24-10-13-5-3-6-14(9-13)18(19,20)21/h3-9H,2,10-12H2,1H3,(H,23,26)(H2,22,24,25). The molecule has 0 aliphatic carbocycles. The molecular formula is C18H21F3N4O2. The van der Waals surface area contributed by atoms with Gasteiger partial charge in [0, 0.05) is 6.54 Å². The highest BCUT2D eigenvalue weighted by Crippen LogP contribution is 2.29. The monoisotopic (exact) mass is 382 g/mol. The maximum Gasteiger partial charge on any atom is 0.416 e. The molecule has 0 saturated carbocycles. The molecule has 0 bridgehead atoms. The van der Waals surface area contributed by atoms with Crippen LogP contribution >= 0.6 is 0 Å². The Morgan fingerprint density at radius 2 is 1.96 bits per heavy atom. The zero-order valence-electron chi connectivity index (χ0n) is 14.8. The van der Waals surface area contributed by atoms with Gasteiger partial charge in [0.1, 0.15) is 5.76 Å². The molecule has 2 aromatic rings. The number of aliphatic imine (C=N–C) groups is 1. The molecule has 0 spiro atoms. The summed E-state index contributed by atoms with van der Waals surface area (Å²) in [6.45, 7) is 2.68. The van der Waals surface area contributed by atoms with E-state index in [9.17, 15) is 18.0 Å². The van der Waals surface area contributed by atoms with Crippen molar-refractivity contribution in [1.82, 2.24) is 16.0 Å². The molecular weight excluding hydrogens is 361 g/mol. The molecule has 9 heteroatoms. The number of halogens is 3. The Labute approximate surface area is 154 Å². The third kappa shape index (κ3) is 7.04. The molecule has 0 unspecified atom stereocenters. The summed E-state index contributed by atoms with van der Waals surface area (Å²) >= 11 is 0. The second kappa shape index (κ2) is 9.65. The van der Waals surface area contributed by atoms with Gasteiger partial charge in [-0.2, -0.15) is 13.2 Å². The molecule has 1 heterocycles. The average Bonchev–Trinajstić information content (AvgIpc) is 3.15. The Morgan fingerprint density at radius 3 is 2.63 bits per heavy atom. The van der Waals surface area contributed by atoms with E-state index in [2.05, 4.69) is 20.9 Å². The molecule has 0 fully saturated rings. The van der Waals surface area contributed by atoms with Gasteiger partial charge in [0.05, 0.1) is 31.5 Å². The number of rotatable bonds is 7. The summed E-state index contributed by atoms with van der Waals surface area (Å²) in [5.41, 5.74) is -0.297. The predicted molar refractivity (Wildman–Crippen MR) is 94.8 cm³/mol. The van der Waals surface area contributed by atoms with E-state index in [1.807, 2.05) is 6.92 Å². The van der Waals surface area contributed by atoms with Crippen molar-refractivity contribution < 1.29 is 22.4 Å². The number of hydrogen-bond donors (Lipinski definition) is 3. The summed E-state index contributed by atoms with van der Waals surface area (Å²) in [6.07, 6.45) is -2.88. The van der Waals surface area contributed by atoms with E-state index in [1.165, 1.54) is 12.3 Å². The van der Waals surface area contributed by atoms with E-state index in [0.717, 1.165) is 12.1 Å². The maximum absolute atomic E-state index is 12.8. The highest BCUT2D eigenvalue weighted by Gasteiger charge is 2.30. The Bertz CT molecular complexity index is 758. The van der Waals surface area contributed by atoms with Crippen LogP contribution in [0.1, 0.15) is 23.8 Å². The van der Waals surface area contributed by atoms with Gasteiger partial charge >= 0.3 is 6.18 Å². The van der Waals surface area contributed by atoms with Gasteiger partial charge in [0.2, 0.25) is 5.91 Å². The summed E-state index contributed by atoms with van der Waals surface area (Å²) in [7, 11) is 0. The topological polar surface area (TPSA) is 78.7 Å². The molecule has 3 N–H and O–H groups in total. The van der Waals surface area contributed by atoms with E-state index in [4.69, 9.17) is 4.42 Å². The van der Waals surface area contributed by atoms with Gasteiger partial charge in [0.15, 0.2) is 5.96 Å². The van der Waals surface area contributed by atoms with Crippen LogP contribution in [0.2, 0.25) is 0 Å². The van der Waals surface area contributed by atoms with Gasteiger partial charge in [-0.3, -0.25) is 4.79 Å². The van der Waals surface area contributed by atoms with E-state index in [-0.39, 0.29) is 25.5 Å². The molecule has 0 aliphatic rings. The van der Waals surface area contributed by atoms with E-state index in [0.29, 0.717) is 23.8 Å². The van der Waals surface area contributed by atoms with Crippen LogP contribution in [-0.2, 0) is 24.1 Å². The SMILES string of the molecule is CCNC(=NCc1cccc(C(F)(F)F)c1)NCC(=O)NCc1ccco1. The Balaban J connectivity index is 1.89. The Hall–Kier alpha value is -2.97. The van der Waals surface area contributed by atoms with Gasteiger partial charge in [0.25, 0.3) is 0 Å². The minimum Gasteiger partial charge on any atom is -0.467 e. The Kier molecular flexibility index (Phi) is 7.27. The summed E-state index contributed by atoms with van der Waals surface area (Å²) in [5, 5.41) is 8.46. The van der Waals surface area contributed by atoms with Crippen LogP contribution in [-0.4, -0.2) is 25.0 Å². The van der Waals surface area contributed by atoms with E-state index >= 15 is 0 Å². The smallest absolute Gasteiger partial charge is 0.416 e. The number of nitrogens with one attached hydrogen (secondary N) is 3. The van der Waals surface area contributed by atoms with E-state index < -0.39 is 11.7 Å². The molecule has 1 aromatic carbocycles. The number of carbonyl (C=O) groups excluding carboxylic acids is 1. The average molecular weight is 382 g/mol. The van der Waals surface area contributed by atoms with Crippen molar-refractivity contribution in [1.29, 1.82) is 0 Å². The number of nitrogens with zero attached hydrogens (tertiary/aromatic N) is 1. The maximum atomic E-state index is 12.8. The van der Waals surface area contributed by atoms with Crippen LogP contribution in [0.15, 0.2) is 52.1 Å². The number of carbonyl (C=O) groups is 1. The molecule has 27 heavy (non-hydrogen) atoms. The van der Waals surface area contributed by atoms with Crippen molar-refractivity contribution in [3.05, 3.63) is 59.5 Å². The lowest BCUT2D eigenvalue weighted by Gasteiger charge is -2.12. The minimum atomic E-state index is -4.39. The molecule has 0 saturated heterocycles. The second-order valence-electron chi connectivity index (χ2n) is 5.60. The normalized spacial score (nSPS) is 11.9. The molecule has 0 radical (unpaired) electrons. The summed E-state index contributed by atoms with van der Waals surface area (Å²) in [6, 6.07) is 8.45. The lowest BCUT2D eigenvalue weighted by molar-refractivity contribution is -0.137. The van der Waals surface area contributed by atoms with Crippen molar-refractivity contribution >= 4 is 11.9 Å². The number of hydrogen-bond acceptors (Lipinski definition) is 3. The zero-order valence-corrected chi connectivity index (χ0v) is 14.8. The third-order valence-corrected chi connectivity index (χ3v) is 3.47. The van der Waals surface area contributed by atoms with E-state index in [1.54, 1.807) is 18.2 Å². The number of alkyl halides is 3. The van der Waals surface area contributed by atoms with Crippen molar-refractivity contribution in [3.8, 4) is 0 Å². The fraction of sp³-hybridized carbons (Fsp3) is 0.333. The Morgan fingerprint density at radius 1 is 1.15 bits per heavy atom. The largest absolute Gasteiger partial charge is 0.467 e. The quantitative estimate of drug-likeness (QED) is 0.508. The number of guanidine groups is 1. The highest BCUT2D eigenvalue weighted by molar-refractivity contribution is 5.86. The highest BCUT2D eigenvalue weighted by atomic mass is 19.4. The van der Waals surface area contributed by atoms with Crippen LogP contribution in [0.25, 0.3) is 0 Å². The first-order valence-corrected chi connectivity index (χ1v) is 8.36. The predicted octanol–water partition coefficient (Wildman–Crippen LogP) is 2.67. The van der Waals surface area contributed by atoms with Crippen LogP contribution in [0, 0.1) is 0 Å². The molecule has 1 aromatic heterocycles. The summed E-state index contributed by atoms with van der Waals surface area (Å²) in [4.78, 5) is 16.1. The third-order valence-electron chi connectivity index (χ3n) is 3.47. The lowest BCUT2D eigenvalue weighted by atomic mass is 10.1. The van der Waals surface area contributed by atoms with Gasteiger partial charge in [-0.05, 0) is 36.8 Å². The molecule has 6 nitrogen and oxygen atoms in total. The van der Waals surface area contributed by atoms with Gasteiger partial charge < -0.3 is 20.4 Å². The first kappa shape index (κ1) is 20.3. The van der Waals surface area contributed by atoms with Gasteiger partial charge in [-0.15, -0.1) is 0 Å².